The molecule has 1 saturated carbocycles. The Labute approximate surface area is 122 Å². The number of amides is 2. The number of carbonyl (C=O) groups excluding carboxylic acids is 2. The number of nitrogens with one attached hydrogen (secondary N) is 1. The van der Waals surface area contributed by atoms with E-state index in [2.05, 4.69) is 26.1 Å². The molecule has 0 aromatic heterocycles. The number of hydrogen-bond donors (Lipinski definition) is 1. The number of nitrogens with zero attached hydrogens (tertiary/aromatic N) is 1. The summed E-state index contributed by atoms with van der Waals surface area (Å²) >= 11 is 0. The number of rotatable bonds is 4. The maximum absolute atomic E-state index is 12.6. The van der Waals surface area contributed by atoms with Gasteiger partial charge in [0.25, 0.3) is 0 Å². The fraction of sp³-hybridized carbons (Fsp3) is 0.875. The van der Waals surface area contributed by atoms with E-state index in [0.29, 0.717) is 5.92 Å². The van der Waals surface area contributed by atoms with Crippen LogP contribution < -0.4 is 5.32 Å². The molecular weight excluding hydrogens is 252 g/mol. The van der Waals surface area contributed by atoms with E-state index >= 15 is 0 Å². The van der Waals surface area contributed by atoms with Gasteiger partial charge in [-0.15, -0.1) is 0 Å². The second-order valence-corrected chi connectivity index (χ2v) is 6.80. The SMILES string of the molecule is CCC1CCC(N2CC(=O)NC(CC(C)C)C2=O)CC1. The van der Waals surface area contributed by atoms with Gasteiger partial charge in [-0.2, -0.15) is 0 Å². The summed E-state index contributed by atoms with van der Waals surface area (Å²) in [7, 11) is 0. The lowest BCUT2D eigenvalue weighted by Gasteiger charge is -2.41. The minimum atomic E-state index is -0.305. The molecule has 1 aliphatic heterocycles. The molecule has 1 heterocycles. The summed E-state index contributed by atoms with van der Waals surface area (Å²) in [5, 5.41) is 2.86. The van der Waals surface area contributed by atoms with Gasteiger partial charge in [-0.1, -0.05) is 27.2 Å². The second-order valence-electron chi connectivity index (χ2n) is 6.80. The molecule has 4 nitrogen and oxygen atoms in total. The minimum absolute atomic E-state index is 0.00728. The highest BCUT2D eigenvalue weighted by atomic mass is 16.2. The molecule has 1 atom stereocenters. The van der Waals surface area contributed by atoms with E-state index in [-0.39, 0.29) is 30.4 Å². The quantitative estimate of drug-likeness (QED) is 0.859. The van der Waals surface area contributed by atoms with Crippen molar-refractivity contribution in [3.63, 3.8) is 0 Å². The van der Waals surface area contributed by atoms with Gasteiger partial charge in [0.2, 0.25) is 11.8 Å². The Morgan fingerprint density at radius 2 is 1.85 bits per heavy atom. The first-order valence-corrected chi connectivity index (χ1v) is 8.11. The van der Waals surface area contributed by atoms with Gasteiger partial charge in [0, 0.05) is 6.04 Å². The van der Waals surface area contributed by atoms with Crippen LogP contribution in [-0.2, 0) is 9.59 Å². The molecule has 0 aromatic rings. The molecule has 0 bridgehead atoms. The van der Waals surface area contributed by atoms with Crippen LogP contribution in [-0.4, -0.2) is 35.3 Å². The number of hydrogen-bond acceptors (Lipinski definition) is 2. The van der Waals surface area contributed by atoms with Crippen molar-refractivity contribution in [1.29, 1.82) is 0 Å². The van der Waals surface area contributed by atoms with Crippen LogP contribution in [0.25, 0.3) is 0 Å². The van der Waals surface area contributed by atoms with Gasteiger partial charge in [-0.3, -0.25) is 9.59 Å². The molecule has 1 unspecified atom stereocenters. The van der Waals surface area contributed by atoms with Crippen LogP contribution in [0.4, 0.5) is 0 Å². The van der Waals surface area contributed by atoms with Crippen LogP contribution in [0, 0.1) is 11.8 Å². The van der Waals surface area contributed by atoms with Gasteiger partial charge in [-0.25, -0.2) is 0 Å². The van der Waals surface area contributed by atoms with Crippen LogP contribution >= 0.6 is 0 Å². The molecule has 1 N–H and O–H groups in total. The van der Waals surface area contributed by atoms with Crippen molar-refractivity contribution in [2.24, 2.45) is 11.8 Å². The van der Waals surface area contributed by atoms with Gasteiger partial charge in [0.1, 0.15) is 6.04 Å². The van der Waals surface area contributed by atoms with Gasteiger partial charge in [-0.05, 0) is 43.9 Å². The van der Waals surface area contributed by atoms with E-state index in [9.17, 15) is 9.59 Å². The summed E-state index contributed by atoms with van der Waals surface area (Å²) in [6.07, 6.45) is 6.49. The molecule has 2 amide bonds. The molecule has 20 heavy (non-hydrogen) atoms. The first-order valence-electron chi connectivity index (χ1n) is 8.11. The maximum Gasteiger partial charge on any atom is 0.245 e. The largest absolute Gasteiger partial charge is 0.343 e. The Kier molecular flexibility index (Phi) is 5.06. The summed E-state index contributed by atoms with van der Waals surface area (Å²) in [6, 6.07) is -0.0221. The smallest absolute Gasteiger partial charge is 0.245 e. The van der Waals surface area contributed by atoms with Crippen LogP contribution in [0.15, 0.2) is 0 Å². The zero-order valence-electron chi connectivity index (χ0n) is 13.0. The Morgan fingerprint density at radius 3 is 2.40 bits per heavy atom. The average Bonchev–Trinajstić information content (AvgIpc) is 2.42. The lowest BCUT2D eigenvalue weighted by molar-refractivity contribution is -0.148. The predicted octanol–water partition coefficient (Wildman–Crippen LogP) is 2.33. The van der Waals surface area contributed by atoms with E-state index in [1.54, 1.807) is 0 Å². The average molecular weight is 280 g/mol. The fourth-order valence-electron chi connectivity index (χ4n) is 3.54. The zero-order chi connectivity index (χ0) is 14.7. The molecule has 114 valence electrons. The molecule has 2 rings (SSSR count). The highest BCUT2D eigenvalue weighted by Gasteiger charge is 2.37. The van der Waals surface area contributed by atoms with Crippen molar-refractivity contribution in [1.82, 2.24) is 10.2 Å². The third-order valence-corrected chi connectivity index (χ3v) is 4.77. The van der Waals surface area contributed by atoms with Crippen molar-refractivity contribution >= 4 is 11.8 Å². The highest BCUT2D eigenvalue weighted by molar-refractivity contribution is 5.95. The standard InChI is InChI=1S/C16H28N2O2/c1-4-12-5-7-13(8-6-12)18-10-15(19)17-14(16(18)20)9-11(2)3/h11-14H,4-10H2,1-3H3,(H,17,19). The molecule has 0 spiro atoms. The van der Waals surface area contributed by atoms with Gasteiger partial charge in [0.15, 0.2) is 0 Å². The van der Waals surface area contributed by atoms with E-state index in [4.69, 9.17) is 0 Å². The van der Waals surface area contributed by atoms with Crippen LogP contribution in [0.2, 0.25) is 0 Å². The first-order chi connectivity index (χ1) is 9.51. The molecular formula is C16H28N2O2. The summed E-state index contributed by atoms with van der Waals surface area (Å²) in [4.78, 5) is 26.3. The van der Waals surface area contributed by atoms with Gasteiger partial charge >= 0.3 is 0 Å². The Morgan fingerprint density at radius 1 is 1.20 bits per heavy atom. The van der Waals surface area contributed by atoms with Crippen molar-refractivity contribution in [2.75, 3.05) is 6.54 Å². The van der Waals surface area contributed by atoms with Crippen molar-refractivity contribution in [3.8, 4) is 0 Å². The van der Waals surface area contributed by atoms with Crippen LogP contribution in [0.1, 0.15) is 59.3 Å². The second kappa shape index (κ2) is 6.59. The number of carbonyl (C=O) groups is 2. The van der Waals surface area contributed by atoms with Crippen LogP contribution in [0.3, 0.4) is 0 Å². The molecule has 0 aromatic carbocycles. The predicted molar refractivity (Wildman–Crippen MR) is 79.1 cm³/mol. The number of piperazine rings is 1. The Bertz CT molecular complexity index is 359. The summed E-state index contributed by atoms with van der Waals surface area (Å²) < 4.78 is 0. The first kappa shape index (κ1) is 15.3. The monoisotopic (exact) mass is 280 g/mol. The lowest BCUT2D eigenvalue weighted by atomic mass is 9.83. The van der Waals surface area contributed by atoms with E-state index in [1.807, 2.05) is 4.90 Å². The molecule has 4 heteroatoms. The lowest BCUT2D eigenvalue weighted by Crippen LogP contribution is -2.61. The van der Waals surface area contributed by atoms with Crippen molar-refractivity contribution in [3.05, 3.63) is 0 Å². The molecule has 1 aliphatic carbocycles. The summed E-state index contributed by atoms with van der Waals surface area (Å²) in [5.74, 6) is 1.37. The normalized spacial score (nSPS) is 31.6. The molecule has 1 saturated heterocycles. The topological polar surface area (TPSA) is 49.4 Å². The van der Waals surface area contributed by atoms with E-state index < -0.39 is 0 Å². The van der Waals surface area contributed by atoms with Gasteiger partial charge in [0.05, 0.1) is 6.54 Å². The fourth-order valence-corrected chi connectivity index (χ4v) is 3.54. The molecule has 0 radical (unpaired) electrons. The van der Waals surface area contributed by atoms with Gasteiger partial charge < -0.3 is 10.2 Å². The van der Waals surface area contributed by atoms with E-state index in [1.165, 1.54) is 19.3 Å². The molecule has 2 aliphatic rings. The van der Waals surface area contributed by atoms with Crippen LogP contribution in [0.5, 0.6) is 0 Å². The van der Waals surface area contributed by atoms with Crippen molar-refractivity contribution in [2.45, 2.75) is 71.4 Å². The van der Waals surface area contributed by atoms with Crippen molar-refractivity contribution < 1.29 is 9.59 Å². The minimum Gasteiger partial charge on any atom is -0.343 e. The Balaban J connectivity index is 1.99. The third-order valence-electron chi connectivity index (χ3n) is 4.77. The van der Waals surface area contributed by atoms with E-state index in [0.717, 1.165) is 25.2 Å². The highest BCUT2D eigenvalue weighted by Crippen LogP contribution is 2.30. The zero-order valence-corrected chi connectivity index (χ0v) is 13.0. The summed E-state index contributed by atoms with van der Waals surface area (Å²) in [6.45, 7) is 6.67. The molecule has 2 fully saturated rings. The Hall–Kier alpha value is -1.06. The maximum atomic E-state index is 12.6. The third kappa shape index (κ3) is 3.53. The summed E-state index contributed by atoms with van der Waals surface area (Å²) in [5.41, 5.74) is 0.